The number of esters is 2. The Morgan fingerprint density at radius 3 is 2.41 bits per heavy atom. The van der Waals surface area contributed by atoms with Crippen molar-refractivity contribution in [2.24, 2.45) is 5.41 Å². The Labute approximate surface area is 98.1 Å². The van der Waals surface area contributed by atoms with Gasteiger partial charge in [0.05, 0.1) is 14.2 Å². The van der Waals surface area contributed by atoms with E-state index < -0.39 is 29.2 Å². The fraction of sp³-hybridized carbons (Fsp3) is 0.455. The number of hydrogen-bond acceptors (Lipinski definition) is 6. The van der Waals surface area contributed by atoms with Gasteiger partial charge in [0.2, 0.25) is 0 Å². The van der Waals surface area contributed by atoms with Crippen LogP contribution >= 0.6 is 0 Å². The molecular weight excluding hydrogens is 228 g/mol. The van der Waals surface area contributed by atoms with Crippen LogP contribution in [0.1, 0.15) is 6.92 Å². The zero-order chi connectivity index (χ0) is 13.2. The third kappa shape index (κ3) is 2.03. The summed E-state index contributed by atoms with van der Waals surface area (Å²) < 4.78 is 8.99. The van der Waals surface area contributed by atoms with Gasteiger partial charge in [-0.25, -0.2) is 4.79 Å². The van der Waals surface area contributed by atoms with Crippen LogP contribution in [0, 0.1) is 5.41 Å². The predicted octanol–water partition coefficient (Wildman–Crippen LogP) is 0.0815. The maximum absolute atomic E-state index is 11.6. The number of carbonyl (C=O) groups excluding carboxylic acids is 2. The molecule has 0 saturated carbocycles. The molecule has 0 amide bonds. The Hall–Kier alpha value is -1.82. The number of ether oxygens (including phenoxy) is 2. The first-order chi connectivity index (χ1) is 7.88. The molecule has 0 saturated heterocycles. The average Bonchev–Trinajstić information content (AvgIpc) is 2.33. The van der Waals surface area contributed by atoms with Crippen LogP contribution < -0.4 is 0 Å². The van der Waals surface area contributed by atoms with Gasteiger partial charge in [-0.1, -0.05) is 6.08 Å². The monoisotopic (exact) mass is 242 g/mol. The van der Waals surface area contributed by atoms with E-state index in [-0.39, 0.29) is 5.57 Å². The number of hydrogen-bond donors (Lipinski definition) is 2. The van der Waals surface area contributed by atoms with Gasteiger partial charge >= 0.3 is 11.9 Å². The largest absolute Gasteiger partial charge is 0.507 e. The Bertz CT molecular complexity index is 408. The van der Waals surface area contributed by atoms with Crippen molar-refractivity contribution in [3.8, 4) is 0 Å². The number of rotatable bonds is 2. The van der Waals surface area contributed by atoms with Gasteiger partial charge in [-0.3, -0.25) is 4.79 Å². The van der Waals surface area contributed by atoms with Crippen molar-refractivity contribution in [1.82, 2.24) is 0 Å². The van der Waals surface area contributed by atoms with Crippen LogP contribution in [0.5, 0.6) is 0 Å². The summed E-state index contributed by atoms with van der Waals surface area (Å²) >= 11 is 0. The highest BCUT2D eigenvalue weighted by Crippen LogP contribution is 2.35. The van der Waals surface area contributed by atoms with Crippen LogP contribution in [0.15, 0.2) is 23.5 Å². The summed E-state index contributed by atoms with van der Waals surface area (Å²) in [7, 11) is 2.28. The SMILES string of the molecule is COC(=O)C1=C(O)C=CC(C)(C(=O)OC)C1O. The molecule has 94 valence electrons. The zero-order valence-corrected chi connectivity index (χ0v) is 9.76. The molecule has 17 heavy (non-hydrogen) atoms. The van der Waals surface area contributed by atoms with Crippen LogP contribution in [0.3, 0.4) is 0 Å². The van der Waals surface area contributed by atoms with Crippen LogP contribution in [-0.2, 0) is 19.1 Å². The zero-order valence-electron chi connectivity index (χ0n) is 9.76. The molecule has 0 fully saturated rings. The lowest BCUT2D eigenvalue weighted by atomic mass is 9.76. The maximum Gasteiger partial charge on any atom is 0.340 e. The van der Waals surface area contributed by atoms with Crippen molar-refractivity contribution in [2.45, 2.75) is 13.0 Å². The number of aliphatic hydroxyl groups is 2. The van der Waals surface area contributed by atoms with Crippen LogP contribution in [0.25, 0.3) is 0 Å². The van der Waals surface area contributed by atoms with E-state index in [0.717, 1.165) is 13.2 Å². The second kappa shape index (κ2) is 4.58. The van der Waals surface area contributed by atoms with E-state index in [0.29, 0.717) is 0 Å². The van der Waals surface area contributed by atoms with Gasteiger partial charge in [-0.05, 0) is 13.0 Å². The molecule has 0 radical (unpaired) electrons. The van der Waals surface area contributed by atoms with Crippen molar-refractivity contribution in [3.05, 3.63) is 23.5 Å². The predicted molar refractivity (Wildman–Crippen MR) is 56.9 cm³/mol. The van der Waals surface area contributed by atoms with Crippen LogP contribution in [0.2, 0.25) is 0 Å². The molecule has 0 spiro atoms. The van der Waals surface area contributed by atoms with E-state index in [1.54, 1.807) is 0 Å². The molecule has 2 unspecified atom stereocenters. The molecule has 6 heteroatoms. The minimum Gasteiger partial charge on any atom is -0.507 e. The Morgan fingerprint density at radius 1 is 1.35 bits per heavy atom. The second-order valence-corrected chi connectivity index (χ2v) is 3.80. The molecule has 6 nitrogen and oxygen atoms in total. The maximum atomic E-state index is 11.6. The lowest BCUT2D eigenvalue weighted by Crippen LogP contribution is -2.44. The highest BCUT2D eigenvalue weighted by Gasteiger charge is 2.46. The minimum absolute atomic E-state index is 0.358. The van der Waals surface area contributed by atoms with E-state index in [1.807, 2.05) is 0 Å². The molecule has 2 atom stereocenters. The van der Waals surface area contributed by atoms with Gasteiger partial charge in [0.1, 0.15) is 22.9 Å². The quantitative estimate of drug-likeness (QED) is 0.666. The summed E-state index contributed by atoms with van der Waals surface area (Å²) in [6.45, 7) is 1.40. The van der Waals surface area contributed by atoms with E-state index in [9.17, 15) is 19.8 Å². The highest BCUT2D eigenvalue weighted by atomic mass is 16.5. The van der Waals surface area contributed by atoms with E-state index >= 15 is 0 Å². The second-order valence-electron chi connectivity index (χ2n) is 3.80. The standard InChI is InChI=1S/C11H14O6/c1-11(10(15)17-3)5-4-6(12)7(8(11)13)9(14)16-2/h4-5,8,12-13H,1-3H3. The number of carbonyl (C=O) groups is 2. The van der Waals surface area contributed by atoms with Crippen molar-refractivity contribution in [3.63, 3.8) is 0 Å². The fourth-order valence-electron chi connectivity index (χ4n) is 1.60. The normalized spacial score (nSPS) is 27.9. The molecule has 2 N–H and O–H groups in total. The van der Waals surface area contributed by atoms with Crippen LogP contribution in [0.4, 0.5) is 0 Å². The summed E-state index contributed by atoms with van der Waals surface area (Å²) in [5.41, 5.74) is -1.78. The van der Waals surface area contributed by atoms with Gasteiger partial charge in [0.25, 0.3) is 0 Å². The van der Waals surface area contributed by atoms with Gasteiger partial charge in [0.15, 0.2) is 0 Å². The van der Waals surface area contributed by atoms with Crippen molar-refractivity contribution >= 4 is 11.9 Å². The molecule has 0 aromatic carbocycles. The van der Waals surface area contributed by atoms with Gasteiger partial charge < -0.3 is 19.7 Å². The van der Waals surface area contributed by atoms with Gasteiger partial charge in [-0.2, -0.15) is 0 Å². The van der Waals surface area contributed by atoms with Crippen molar-refractivity contribution in [2.75, 3.05) is 14.2 Å². The molecule has 0 aromatic rings. The lowest BCUT2D eigenvalue weighted by Gasteiger charge is -2.32. The fourth-order valence-corrected chi connectivity index (χ4v) is 1.60. The van der Waals surface area contributed by atoms with E-state index in [1.165, 1.54) is 20.1 Å². The first kappa shape index (κ1) is 13.2. The van der Waals surface area contributed by atoms with Gasteiger partial charge in [-0.15, -0.1) is 0 Å². The summed E-state index contributed by atoms with van der Waals surface area (Å²) in [4.78, 5) is 23.0. The first-order valence-corrected chi connectivity index (χ1v) is 4.85. The summed E-state index contributed by atoms with van der Waals surface area (Å²) in [5.74, 6) is -2.03. The smallest absolute Gasteiger partial charge is 0.340 e. The number of allylic oxidation sites excluding steroid dienone is 1. The van der Waals surface area contributed by atoms with Gasteiger partial charge in [0, 0.05) is 0 Å². The molecule has 0 aromatic heterocycles. The molecule has 1 aliphatic carbocycles. The average molecular weight is 242 g/mol. The number of aliphatic hydroxyl groups excluding tert-OH is 2. The molecule has 0 bridgehead atoms. The summed E-state index contributed by atoms with van der Waals surface area (Å²) in [6.07, 6.45) is 0.925. The van der Waals surface area contributed by atoms with Crippen LogP contribution in [-0.4, -0.2) is 42.5 Å². The third-order valence-corrected chi connectivity index (χ3v) is 2.74. The van der Waals surface area contributed by atoms with Crippen molar-refractivity contribution < 1.29 is 29.3 Å². The summed E-state index contributed by atoms with van der Waals surface area (Å²) in [6, 6.07) is 0. The first-order valence-electron chi connectivity index (χ1n) is 4.85. The topological polar surface area (TPSA) is 93.1 Å². The Morgan fingerprint density at radius 2 is 1.94 bits per heavy atom. The molecule has 1 rings (SSSR count). The Kier molecular flexibility index (Phi) is 3.57. The Balaban J connectivity index is 3.21. The molecule has 1 aliphatic rings. The molecule has 0 aliphatic heterocycles. The van der Waals surface area contributed by atoms with Crippen molar-refractivity contribution in [1.29, 1.82) is 0 Å². The third-order valence-electron chi connectivity index (χ3n) is 2.74. The van der Waals surface area contributed by atoms with E-state index in [4.69, 9.17) is 0 Å². The van der Waals surface area contributed by atoms with E-state index in [2.05, 4.69) is 9.47 Å². The minimum atomic E-state index is -1.52. The number of methoxy groups -OCH3 is 2. The molecule has 0 heterocycles. The lowest BCUT2D eigenvalue weighted by molar-refractivity contribution is -0.154. The summed E-state index contributed by atoms with van der Waals surface area (Å²) in [5, 5.41) is 19.5. The molecular formula is C11H14O6. The highest BCUT2D eigenvalue weighted by molar-refractivity contribution is 5.94.